The molecule has 2 aromatic carbocycles. The molecule has 1 unspecified atom stereocenters. The molecule has 190 valence electrons. The van der Waals surface area contributed by atoms with Crippen LogP contribution in [0.1, 0.15) is 63.3 Å². The van der Waals surface area contributed by atoms with Gasteiger partial charge in [-0.25, -0.2) is 9.97 Å². The first-order valence-corrected chi connectivity index (χ1v) is 13.3. The highest BCUT2D eigenvalue weighted by Gasteiger charge is 2.29. The van der Waals surface area contributed by atoms with Gasteiger partial charge in [0.15, 0.2) is 0 Å². The summed E-state index contributed by atoms with van der Waals surface area (Å²) in [6.45, 7) is 3.26. The molecule has 0 radical (unpaired) electrons. The largest absolute Gasteiger partial charge is 0.496 e. The molecule has 8 heteroatoms. The van der Waals surface area contributed by atoms with Crippen LogP contribution in [-0.4, -0.2) is 58.8 Å². The zero-order chi connectivity index (χ0) is 25.9. The molecule has 3 heterocycles. The Bertz CT molecular complexity index is 1410. The second-order valence-electron chi connectivity index (χ2n) is 9.37. The predicted octanol–water partition coefficient (Wildman–Crippen LogP) is 5.55. The van der Waals surface area contributed by atoms with Gasteiger partial charge in [0.2, 0.25) is 0 Å². The molecular formula is C29H30N4O3S. The summed E-state index contributed by atoms with van der Waals surface area (Å²) in [6.07, 6.45) is 1.60. The number of para-hydroxylation sites is 1. The minimum Gasteiger partial charge on any atom is -0.496 e. The van der Waals surface area contributed by atoms with Crippen molar-refractivity contribution in [3.05, 3.63) is 88.0 Å². The number of hydrogen-bond donors (Lipinski definition) is 0. The van der Waals surface area contributed by atoms with Gasteiger partial charge < -0.3 is 14.5 Å². The lowest BCUT2D eigenvalue weighted by atomic mass is 9.97. The molecular weight excluding hydrogens is 484 g/mol. The molecule has 2 amide bonds. The number of piperidine rings is 1. The number of hydrogen-bond acceptors (Lipinski definition) is 6. The van der Waals surface area contributed by atoms with Gasteiger partial charge in [-0.2, -0.15) is 0 Å². The molecule has 4 aromatic rings. The van der Waals surface area contributed by atoms with E-state index >= 15 is 0 Å². The van der Waals surface area contributed by atoms with Crippen molar-refractivity contribution in [1.82, 2.24) is 19.8 Å². The van der Waals surface area contributed by atoms with Gasteiger partial charge >= 0.3 is 0 Å². The summed E-state index contributed by atoms with van der Waals surface area (Å²) in [5, 5.41) is 3.70. The van der Waals surface area contributed by atoms with Crippen molar-refractivity contribution >= 4 is 34.1 Å². The Labute approximate surface area is 220 Å². The highest BCUT2D eigenvalue weighted by atomic mass is 32.1. The number of likely N-dealkylation sites (tertiary alicyclic amines) is 1. The molecule has 37 heavy (non-hydrogen) atoms. The van der Waals surface area contributed by atoms with E-state index in [4.69, 9.17) is 9.72 Å². The van der Waals surface area contributed by atoms with Crippen LogP contribution in [0.15, 0.2) is 66.0 Å². The van der Waals surface area contributed by atoms with E-state index in [1.165, 1.54) is 11.3 Å². The number of nitrogens with zero attached hydrogens (tertiary/aromatic N) is 4. The van der Waals surface area contributed by atoms with Gasteiger partial charge in [0.05, 0.1) is 23.7 Å². The van der Waals surface area contributed by atoms with Gasteiger partial charge in [-0.05, 0) is 37.5 Å². The van der Waals surface area contributed by atoms with Crippen molar-refractivity contribution in [3.8, 4) is 5.75 Å². The van der Waals surface area contributed by atoms with Crippen molar-refractivity contribution in [3.63, 3.8) is 0 Å². The Morgan fingerprint density at radius 2 is 1.73 bits per heavy atom. The Balaban J connectivity index is 1.23. The maximum Gasteiger partial charge on any atom is 0.273 e. The lowest BCUT2D eigenvalue weighted by molar-refractivity contribution is 0.0707. The van der Waals surface area contributed by atoms with Gasteiger partial charge in [0, 0.05) is 42.9 Å². The quantitative estimate of drug-likeness (QED) is 0.337. The summed E-state index contributed by atoms with van der Waals surface area (Å²) in [4.78, 5) is 39.2. The average molecular weight is 515 g/mol. The summed E-state index contributed by atoms with van der Waals surface area (Å²) < 4.78 is 5.51. The molecule has 1 aliphatic rings. The first-order valence-electron chi connectivity index (χ1n) is 12.5. The fourth-order valence-corrected chi connectivity index (χ4v) is 5.76. The van der Waals surface area contributed by atoms with Crippen LogP contribution < -0.4 is 4.74 Å². The monoisotopic (exact) mass is 514 g/mol. The lowest BCUT2D eigenvalue weighted by Gasteiger charge is -2.31. The molecule has 0 spiro atoms. The topological polar surface area (TPSA) is 75.6 Å². The standard InChI is InChI=1S/C29H30N4O3S/c1-19(20-9-5-4-6-10-20)32(2)28(34)25-18-37-27(31-25)21-13-15-33(16-14-21)29(35)24-17-26(36-3)22-11-7-8-12-23(22)30-24/h4-12,17-19,21H,13-16H2,1-3H3. The second-order valence-corrected chi connectivity index (χ2v) is 10.3. The first-order chi connectivity index (χ1) is 18.0. The van der Waals surface area contributed by atoms with Gasteiger partial charge in [0.25, 0.3) is 11.8 Å². The van der Waals surface area contributed by atoms with Gasteiger partial charge in [-0.1, -0.05) is 42.5 Å². The number of methoxy groups -OCH3 is 1. The Morgan fingerprint density at radius 3 is 2.46 bits per heavy atom. The van der Waals surface area contributed by atoms with E-state index in [0.717, 1.165) is 34.3 Å². The number of amides is 2. The van der Waals surface area contributed by atoms with Crippen LogP contribution in [0.3, 0.4) is 0 Å². The fourth-order valence-electron chi connectivity index (χ4n) is 4.80. The summed E-state index contributed by atoms with van der Waals surface area (Å²) in [5.41, 5.74) is 2.71. The molecule has 0 bridgehead atoms. The minimum atomic E-state index is -0.0889. The average Bonchev–Trinajstić information content (AvgIpc) is 3.46. The Hall–Kier alpha value is -3.78. The van der Waals surface area contributed by atoms with E-state index in [1.807, 2.05) is 78.8 Å². The van der Waals surface area contributed by atoms with Crippen LogP contribution in [0.5, 0.6) is 5.75 Å². The maximum atomic E-state index is 13.2. The number of fused-ring (bicyclic) bond motifs is 1. The van der Waals surface area contributed by atoms with Crippen LogP contribution >= 0.6 is 11.3 Å². The summed E-state index contributed by atoms with van der Waals surface area (Å²) >= 11 is 1.53. The Kier molecular flexibility index (Phi) is 7.19. The van der Waals surface area contributed by atoms with E-state index in [0.29, 0.717) is 30.2 Å². The predicted molar refractivity (Wildman–Crippen MR) is 145 cm³/mol. The second kappa shape index (κ2) is 10.7. The number of ether oxygens (including phenoxy) is 1. The highest BCUT2D eigenvalue weighted by molar-refractivity contribution is 7.09. The van der Waals surface area contributed by atoms with Crippen molar-refractivity contribution in [2.24, 2.45) is 0 Å². The molecule has 0 N–H and O–H groups in total. The molecule has 7 nitrogen and oxygen atoms in total. The third-order valence-electron chi connectivity index (χ3n) is 7.17. The van der Waals surface area contributed by atoms with Gasteiger partial charge in [0.1, 0.15) is 17.1 Å². The molecule has 1 saturated heterocycles. The van der Waals surface area contributed by atoms with E-state index < -0.39 is 0 Å². The molecule has 0 saturated carbocycles. The SMILES string of the molecule is COc1cc(C(=O)N2CCC(c3nc(C(=O)N(C)C(C)c4ccccc4)cs3)CC2)nc2ccccc12. The highest BCUT2D eigenvalue weighted by Crippen LogP contribution is 2.32. The molecule has 2 aromatic heterocycles. The van der Waals surface area contributed by atoms with Gasteiger partial charge in [-0.15, -0.1) is 11.3 Å². The number of carbonyl (C=O) groups excluding carboxylic acids is 2. The molecule has 0 aliphatic carbocycles. The zero-order valence-electron chi connectivity index (χ0n) is 21.3. The van der Waals surface area contributed by atoms with E-state index in [2.05, 4.69) is 4.98 Å². The van der Waals surface area contributed by atoms with E-state index in [9.17, 15) is 9.59 Å². The fraction of sp³-hybridized carbons (Fsp3) is 0.310. The molecule has 1 atom stereocenters. The third-order valence-corrected chi connectivity index (χ3v) is 8.18. The minimum absolute atomic E-state index is 0.0459. The number of pyridine rings is 1. The lowest BCUT2D eigenvalue weighted by Crippen LogP contribution is -2.38. The normalized spacial score (nSPS) is 14.9. The van der Waals surface area contributed by atoms with Crippen LogP contribution in [0.25, 0.3) is 10.9 Å². The van der Waals surface area contributed by atoms with Crippen molar-refractivity contribution in [2.75, 3.05) is 27.2 Å². The number of aromatic nitrogens is 2. The smallest absolute Gasteiger partial charge is 0.273 e. The van der Waals surface area contributed by atoms with Crippen molar-refractivity contribution in [1.29, 1.82) is 0 Å². The number of carbonyl (C=O) groups is 2. The van der Waals surface area contributed by atoms with E-state index in [-0.39, 0.29) is 23.8 Å². The summed E-state index contributed by atoms with van der Waals surface area (Å²) in [6, 6.07) is 19.3. The Morgan fingerprint density at radius 1 is 1.03 bits per heavy atom. The molecule has 1 aliphatic heterocycles. The van der Waals surface area contributed by atoms with E-state index in [1.54, 1.807) is 18.1 Å². The first kappa shape index (κ1) is 24.9. The van der Waals surface area contributed by atoms with Crippen LogP contribution in [-0.2, 0) is 0 Å². The molecule has 5 rings (SSSR count). The van der Waals surface area contributed by atoms with Crippen LogP contribution in [0, 0.1) is 0 Å². The summed E-state index contributed by atoms with van der Waals surface area (Å²) in [5.74, 6) is 0.707. The number of thiazole rings is 1. The van der Waals surface area contributed by atoms with Crippen LogP contribution in [0.2, 0.25) is 0 Å². The summed E-state index contributed by atoms with van der Waals surface area (Å²) in [7, 11) is 3.42. The van der Waals surface area contributed by atoms with Crippen LogP contribution in [0.4, 0.5) is 0 Å². The zero-order valence-corrected chi connectivity index (χ0v) is 22.1. The van der Waals surface area contributed by atoms with Gasteiger partial charge in [-0.3, -0.25) is 9.59 Å². The maximum absolute atomic E-state index is 13.2. The third kappa shape index (κ3) is 5.06. The van der Waals surface area contributed by atoms with Crippen molar-refractivity contribution < 1.29 is 14.3 Å². The number of rotatable bonds is 6. The van der Waals surface area contributed by atoms with Crippen molar-refractivity contribution in [2.45, 2.75) is 31.7 Å². The number of benzene rings is 2. The molecule has 1 fully saturated rings.